The first-order valence-corrected chi connectivity index (χ1v) is 10.2. The molecule has 1 aromatic rings. The summed E-state index contributed by atoms with van der Waals surface area (Å²) in [5.74, 6) is -2.15. The Morgan fingerprint density at radius 3 is 2.42 bits per heavy atom. The van der Waals surface area contributed by atoms with E-state index < -0.39 is 47.9 Å². The number of oxazole rings is 1. The van der Waals surface area contributed by atoms with Gasteiger partial charge in [-0.1, -0.05) is 0 Å². The molecule has 0 saturated heterocycles. The van der Waals surface area contributed by atoms with Crippen molar-refractivity contribution in [1.82, 2.24) is 20.9 Å². The molecule has 0 radical (unpaired) electrons. The molecule has 1 heterocycles. The largest absolute Gasteiger partial charge is 0.444 e. The quantitative estimate of drug-likeness (QED) is 0.0886. The summed E-state index contributed by atoms with van der Waals surface area (Å²) in [5, 5.41) is 7.21. The summed E-state index contributed by atoms with van der Waals surface area (Å²) < 4.78 is 10.1. The Balaban J connectivity index is 2.65. The summed E-state index contributed by atoms with van der Waals surface area (Å²) in [6.45, 7) is 4.57. The summed E-state index contributed by atoms with van der Waals surface area (Å²) in [4.78, 5) is 56.7. The van der Waals surface area contributed by atoms with Crippen LogP contribution in [0.5, 0.6) is 0 Å². The van der Waals surface area contributed by atoms with E-state index in [-0.39, 0.29) is 31.4 Å². The van der Waals surface area contributed by atoms with Crippen LogP contribution in [0.25, 0.3) is 0 Å². The predicted molar refractivity (Wildman–Crippen MR) is 118 cm³/mol. The van der Waals surface area contributed by atoms with Gasteiger partial charge in [-0.05, 0) is 33.6 Å². The van der Waals surface area contributed by atoms with Crippen molar-refractivity contribution in [2.45, 2.75) is 51.3 Å². The molecule has 9 N–H and O–H groups in total. The monoisotopic (exact) mass is 468 g/mol. The van der Waals surface area contributed by atoms with Crippen LogP contribution < -0.4 is 33.2 Å². The second kappa shape index (κ2) is 13.0. The highest BCUT2D eigenvalue weighted by Gasteiger charge is 2.27. The van der Waals surface area contributed by atoms with E-state index in [9.17, 15) is 19.2 Å². The summed E-state index contributed by atoms with van der Waals surface area (Å²) in [6.07, 6.45) is 2.29. The van der Waals surface area contributed by atoms with E-state index in [1.807, 2.05) is 0 Å². The number of hydrogen-bond acceptors (Lipinski definition) is 9. The Morgan fingerprint density at radius 1 is 1.18 bits per heavy atom. The first-order chi connectivity index (χ1) is 15.4. The molecule has 3 amide bonds. The number of guanidine groups is 1. The highest BCUT2D eigenvalue weighted by Crippen LogP contribution is 2.08. The Kier molecular flexibility index (Phi) is 10.8. The number of carbonyl (C=O) groups excluding carboxylic acids is 4. The summed E-state index contributed by atoms with van der Waals surface area (Å²) in [5.41, 5.74) is 15.3. The second-order valence-corrected chi connectivity index (χ2v) is 7.92. The van der Waals surface area contributed by atoms with Crippen molar-refractivity contribution >= 4 is 29.7 Å². The van der Waals surface area contributed by atoms with Crippen LogP contribution in [0.1, 0.15) is 44.3 Å². The molecule has 1 aromatic heterocycles. The smallest absolute Gasteiger partial charge is 0.408 e. The minimum Gasteiger partial charge on any atom is -0.444 e. The van der Waals surface area contributed by atoms with Crippen molar-refractivity contribution in [1.29, 1.82) is 0 Å². The summed E-state index contributed by atoms with van der Waals surface area (Å²) in [7, 11) is 0. The number of nitrogens with one attached hydrogen (secondary N) is 3. The number of alkyl carbamates (subject to hydrolysis) is 1. The maximum absolute atomic E-state index is 12.6. The van der Waals surface area contributed by atoms with Gasteiger partial charge in [0.15, 0.2) is 5.96 Å². The summed E-state index contributed by atoms with van der Waals surface area (Å²) in [6, 6.07) is -2.09. The van der Waals surface area contributed by atoms with Crippen LogP contribution in [0.2, 0.25) is 0 Å². The third-order valence-corrected chi connectivity index (χ3v) is 3.91. The van der Waals surface area contributed by atoms with E-state index in [4.69, 9.17) is 26.4 Å². The number of ether oxygens (including phenoxy) is 1. The highest BCUT2D eigenvalue weighted by atomic mass is 16.6. The Labute approximate surface area is 191 Å². The molecule has 14 heteroatoms. The lowest BCUT2D eigenvalue weighted by Crippen LogP contribution is -2.54. The number of nitrogens with zero attached hydrogens (tertiary/aromatic N) is 2. The van der Waals surface area contributed by atoms with E-state index in [0.717, 1.165) is 0 Å². The third-order valence-electron chi connectivity index (χ3n) is 3.91. The zero-order valence-electron chi connectivity index (χ0n) is 18.9. The molecule has 0 aliphatic heterocycles. The molecule has 0 bridgehead atoms. The lowest BCUT2D eigenvalue weighted by atomic mass is 10.1. The van der Waals surface area contributed by atoms with Gasteiger partial charge in [0.05, 0.1) is 18.8 Å². The van der Waals surface area contributed by atoms with Gasteiger partial charge in [-0.2, -0.15) is 0 Å². The minimum atomic E-state index is -1.11. The molecule has 0 unspecified atom stereocenters. The average Bonchev–Trinajstić information content (AvgIpc) is 3.25. The number of aliphatic imine (C=N–C) groups is 1. The number of hydrogen-bond donors (Lipinski definition) is 6. The molecule has 14 nitrogen and oxygen atoms in total. The van der Waals surface area contributed by atoms with Gasteiger partial charge in [-0.15, -0.1) is 0 Å². The molecule has 0 aliphatic rings. The number of amides is 3. The standard InChI is InChI=1S/C19H32N8O6/c1-19(2,3)33-18(31)27-12(9-20)15(30)25-10-13(28)26-11(5-4-6-24-17(21)22)14(29)16-23-7-8-32-16/h7-8,11-12H,4-6,9-10,20H2,1-3H3,(H,25,30)(H,26,28)(H,27,31)(H4,21,22,24)/t11-,12+/m0/s1. The number of carbonyl (C=O) groups is 4. The van der Waals surface area contributed by atoms with Crippen LogP contribution in [0.3, 0.4) is 0 Å². The molecule has 2 atom stereocenters. The van der Waals surface area contributed by atoms with Gasteiger partial charge in [0.25, 0.3) is 5.89 Å². The van der Waals surface area contributed by atoms with Crippen molar-refractivity contribution in [3.8, 4) is 0 Å². The molecule has 0 aliphatic carbocycles. The van der Waals surface area contributed by atoms with Crippen LogP contribution in [-0.4, -0.2) is 72.0 Å². The van der Waals surface area contributed by atoms with Gasteiger partial charge in [-0.3, -0.25) is 19.4 Å². The van der Waals surface area contributed by atoms with Crippen LogP contribution in [0, 0.1) is 0 Å². The number of ketones is 1. The molecule has 184 valence electrons. The molecule has 0 aromatic carbocycles. The minimum absolute atomic E-state index is 0.0909. The fraction of sp³-hybridized carbons (Fsp3) is 0.579. The molecule has 0 spiro atoms. The van der Waals surface area contributed by atoms with Gasteiger partial charge in [0.1, 0.15) is 17.9 Å². The number of Topliss-reactive ketones (excluding diaryl/α,β-unsaturated/α-hetero) is 1. The fourth-order valence-electron chi connectivity index (χ4n) is 2.48. The Morgan fingerprint density at radius 2 is 1.88 bits per heavy atom. The molecule has 1 rings (SSSR count). The first-order valence-electron chi connectivity index (χ1n) is 10.2. The number of nitrogens with two attached hydrogens (primary N) is 3. The van der Waals surface area contributed by atoms with Gasteiger partial charge < -0.3 is 42.3 Å². The van der Waals surface area contributed by atoms with Gasteiger partial charge in [-0.25, -0.2) is 9.78 Å². The Hall–Kier alpha value is -3.68. The molecular weight excluding hydrogens is 436 g/mol. The van der Waals surface area contributed by atoms with E-state index >= 15 is 0 Å². The third kappa shape index (κ3) is 11.0. The zero-order chi connectivity index (χ0) is 25.0. The summed E-state index contributed by atoms with van der Waals surface area (Å²) >= 11 is 0. The van der Waals surface area contributed by atoms with Crippen LogP contribution in [0.4, 0.5) is 4.79 Å². The fourth-order valence-corrected chi connectivity index (χ4v) is 2.48. The van der Waals surface area contributed by atoms with E-state index in [1.54, 1.807) is 20.8 Å². The van der Waals surface area contributed by atoms with Gasteiger partial charge in [0.2, 0.25) is 17.6 Å². The van der Waals surface area contributed by atoms with Crippen LogP contribution in [-0.2, 0) is 14.3 Å². The van der Waals surface area contributed by atoms with Gasteiger partial charge >= 0.3 is 6.09 Å². The maximum atomic E-state index is 12.6. The van der Waals surface area contributed by atoms with E-state index in [2.05, 4.69) is 25.9 Å². The topological polar surface area (TPSA) is 230 Å². The number of rotatable bonds is 12. The van der Waals surface area contributed by atoms with Gasteiger partial charge in [0, 0.05) is 13.1 Å². The normalized spacial score (nSPS) is 12.7. The van der Waals surface area contributed by atoms with Crippen LogP contribution >= 0.6 is 0 Å². The molecule has 0 fully saturated rings. The Bertz CT molecular complexity index is 830. The molecule has 0 saturated carbocycles. The lowest BCUT2D eigenvalue weighted by molar-refractivity contribution is -0.127. The lowest BCUT2D eigenvalue weighted by Gasteiger charge is -2.22. The SMILES string of the molecule is CC(C)(C)OC(=O)N[C@H](CN)C(=O)NCC(=O)N[C@@H](CCCN=C(N)N)C(=O)c1ncco1. The first kappa shape index (κ1) is 27.4. The van der Waals surface area contributed by atoms with Crippen molar-refractivity contribution in [2.24, 2.45) is 22.2 Å². The van der Waals surface area contributed by atoms with E-state index in [1.165, 1.54) is 12.5 Å². The average molecular weight is 469 g/mol. The van der Waals surface area contributed by atoms with Crippen LogP contribution in [0.15, 0.2) is 21.9 Å². The maximum Gasteiger partial charge on any atom is 0.408 e. The molecule has 33 heavy (non-hydrogen) atoms. The number of aromatic nitrogens is 1. The predicted octanol–water partition coefficient (Wildman–Crippen LogP) is -1.64. The zero-order valence-corrected chi connectivity index (χ0v) is 18.9. The molecular formula is C19H32N8O6. The van der Waals surface area contributed by atoms with E-state index in [0.29, 0.717) is 6.42 Å². The van der Waals surface area contributed by atoms with Crippen molar-refractivity contribution in [2.75, 3.05) is 19.6 Å². The van der Waals surface area contributed by atoms with Crippen molar-refractivity contribution < 1.29 is 28.3 Å². The second-order valence-electron chi connectivity index (χ2n) is 7.92. The highest BCUT2D eigenvalue weighted by molar-refractivity contribution is 5.99. The van der Waals surface area contributed by atoms with Crippen molar-refractivity contribution in [3.05, 3.63) is 18.4 Å². The van der Waals surface area contributed by atoms with Crippen molar-refractivity contribution in [3.63, 3.8) is 0 Å².